The Balaban J connectivity index is 2.47. The van der Waals surface area contributed by atoms with E-state index in [1.54, 1.807) is 4.31 Å². The van der Waals surface area contributed by atoms with Crippen LogP contribution in [-0.4, -0.2) is 25.3 Å². The number of nitrogens with zero attached hydrogens (tertiary/aromatic N) is 2. The first-order chi connectivity index (χ1) is 10.0. The van der Waals surface area contributed by atoms with Gasteiger partial charge in [-0.2, -0.15) is 9.57 Å². The maximum Gasteiger partial charge on any atom is 0.244 e. The molecule has 1 fully saturated rings. The highest BCUT2D eigenvalue weighted by atomic mass is 35.5. The standard InChI is InChI=1S/C15H19ClN2O2S/c1-2-13-6-4-3-5-9-18(13)21(19,20)15-10-12(11-17)7-8-14(15)16/h7-8,10,13H,2-6,9H2,1H3. The number of halogens is 1. The molecule has 0 aliphatic carbocycles. The summed E-state index contributed by atoms with van der Waals surface area (Å²) >= 11 is 6.07. The molecule has 1 saturated heterocycles. The summed E-state index contributed by atoms with van der Waals surface area (Å²) in [5.74, 6) is 0. The minimum absolute atomic E-state index is 0.0132. The van der Waals surface area contributed by atoms with Crippen molar-refractivity contribution in [2.45, 2.75) is 50.0 Å². The highest BCUT2D eigenvalue weighted by molar-refractivity contribution is 7.89. The SMILES string of the molecule is CCC1CCCCCN1S(=O)(=O)c1cc(C#N)ccc1Cl. The third-order valence-electron chi connectivity index (χ3n) is 3.94. The van der Waals surface area contributed by atoms with Gasteiger partial charge in [-0.1, -0.05) is 31.4 Å². The van der Waals surface area contributed by atoms with Gasteiger partial charge < -0.3 is 0 Å². The molecule has 1 heterocycles. The maximum atomic E-state index is 12.9. The van der Waals surface area contributed by atoms with Crippen LogP contribution in [0.4, 0.5) is 0 Å². The number of hydrogen-bond acceptors (Lipinski definition) is 3. The second-order valence-electron chi connectivity index (χ2n) is 5.28. The Kier molecular flexibility index (Phi) is 5.26. The molecule has 4 nitrogen and oxygen atoms in total. The number of rotatable bonds is 3. The summed E-state index contributed by atoms with van der Waals surface area (Å²) in [6.45, 7) is 2.53. The zero-order chi connectivity index (χ0) is 15.5. The second-order valence-corrected chi connectivity index (χ2v) is 7.55. The minimum atomic E-state index is -3.66. The number of hydrogen-bond donors (Lipinski definition) is 0. The predicted octanol–water partition coefficient (Wildman–Crippen LogP) is 3.55. The zero-order valence-electron chi connectivity index (χ0n) is 12.0. The summed E-state index contributed by atoms with van der Waals surface area (Å²) in [6, 6.07) is 6.36. The van der Waals surface area contributed by atoms with Crippen LogP contribution in [0.3, 0.4) is 0 Å². The lowest BCUT2D eigenvalue weighted by Gasteiger charge is -2.28. The Morgan fingerprint density at radius 2 is 2.14 bits per heavy atom. The van der Waals surface area contributed by atoms with Gasteiger partial charge in [-0.25, -0.2) is 8.42 Å². The third kappa shape index (κ3) is 3.39. The number of benzene rings is 1. The molecular weight excluding hydrogens is 308 g/mol. The van der Waals surface area contributed by atoms with Gasteiger partial charge in [0, 0.05) is 12.6 Å². The van der Waals surface area contributed by atoms with E-state index in [1.165, 1.54) is 18.2 Å². The maximum absolute atomic E-state index is 12.9. The van der Waals surface area contributed by atoms with E-state index < -0.39 is 10.0 Å². The predicted molar refractivity (Wildman–Crippen MR) is 82.6 cm³/mol. The molecule has 1 atom stereocenters. The van der Waals surface area contributed by atoms with E-state index >= 15 is 0 Å². The van der Waals surface area contributed by atoms with Crippen LogP contribution in [0.25, 0.3) is 0 Å². The van der Waals surface area contributed by atoms with Crippen molar-refractivity contribution in [3.63, 3.8) is 0 Å². The third-order valence-corrected chi connectivity index (χ3v) is 6.37. The highest BCUT2D eigenvalue weighted by Crippen LogP contribution is 2.30. The number of sulfonamides is 1. The van der Waals surface area contributed by atoms with E-state index in [0.717, 1.165) is 32.1 Å². The van der Waals surface area contributed by atoms with Crippen molar-refractivity contribution in [1.82, 2.24) is 4.31 Å². The molecule has 2 rings (SSSR count). The fourth-order valence-electron chi connectivity index (χ4n) is 2.77. The van der Waals surface area contributed by atoms with Crippen molar-refractivity contribution >= 4 is 21.6 Å². The van der Waals surface area contributed by atoms with E-state index in [-0.39, 0.29) is 16.0 Å². The lowest BCUT2D eigenvalue weighted by atomic mass is 10.1. The summed E-state index contributed by atoms with van der Waals surface area (Å²) < 4.78 is 27.4. The Hall–Kier alpha value is -1.09. The van der Waals surface area contributed by atoms with Gasteiger partial charge in [0.1, 0.15) is 4.90 Å². The second kappa shape index (κ2) is 6.78. The molecule has 0 saturated carbocycles. The molecule has 21 heavy (non-hydrogen) atoms. The van der Waals surface area contributed by atoms with Crippen molar-refractivity contribution in [3.05, 3.63) is 28.8 Å². The first-order valence-electron chi connectivity index (χ1n) is 7.22. The van der Waals surface area contributed by atoms with Crippen molar-refractivity contribution in [3.8, 4) is 6.07 Å². The van der Waals surface area contributed by atoms with Crippen molar-refractivity contribution < 1.29 is 8.42 Å². The Morgan fingerprint density at radius 1 is 1.38 bits per heavy atom. The molecule has 1 aliphatic heterocycles. The van der Waals surface area contributed by atoms with Crippen LogP contribution < -0.4 is 0 Å². The summed E-state index contributed by atoms with van der Waals surface area (Å²) in [7, 11) is -3.66. The van der Waals surface area contributed by atoms with Gasteiger partial charge in [-0.05, 0) is 37.5 Å². The van der Waals surface area contributed by atoms with Gasteiger partial charge in [0.05, 0.1) is 16.7 Å². The van der Waals surface area contributed by atoms with Crippen molar-refractivity contribution in [2.24, 2.45) is 0 Å². The topological polar surface area (TPSA) is 61.2 Å². The number of nitriles is 1. The fourth-order valence-corrected chi connectivity index (χ4v) is 5.04. The van der Waals surface area contributed by atoms with Gasteiger partial charge in [-0.15, -0.1) is 0 Å². The van der Waals surface area contributed by atoms with Gasteiger partial charge in [0.2, 0.25) is 10.0 Å². The first-order valence-corrected chi connectivity index (χ1v) is 9.04. The normalized spacial score (nSPS) is 20.7. The van der Waals surface area contributed by atoms with Crippen LogP contribution in [0.5, 0.6) is 0 Å². The van der Waals surface area contributed by atoms with Gasteiger partial charge in [0.25, 0.3) is 0 Å². The molecule has 1 unspecified atom stereocenters. The van der Waals surface area contributed by atoms with E-state index in [9.17, 15) is 8.42 Å². The summed E-state index contributed by atoms with van der Waals surface area (Å²) in [6.07, 6.45) is 4.64. The minimum Gasteiger partial charge on any atom is -0.207 e. The average molecular weight is 327 g/mol. The van der Waals surface area contributed by atoms with E-state index in [0.29, 0.717) is 12.1 Å². The van der Waals surface area contributed by atoms with Crippen LogP contribution in [0.2, 0.25) is 5.02 Å². The summed E-state index contributed by atoms with van der Waals surface area (Å²) in [5, 5.41) is 9.14. The molecule has 0 radical (unpaired) electrons. The Labute approximate surface area is 131 Å². The van der Waals surface area contributed by atoms with Crippen LogP contribution in [-0.2, 0) is 10.0 Å². The van der Waals surface area contributed by atoms with E-state index in [4.69, 9.17) is 16.9 Å². The average Bonchev–Trinajstić information content (AvgIpc) is 2.73. The molecule has 0 spiro atoms. The van der Waals surface area contributed by atoms with Gasteiger partial charge in [-0.3, -0.25) is 0 Å². The molecule has 0 aromatic heterocycles. The molecule has 114 valence electrons. The van der Waals surface area contributed by atoms with Gasteiger partial charge >= 0.3 is 0 Å². The lowest BCUT2D eigenvalue weighted by Crippen LogP contribution is -2.39. The first kappa shape index (κ1) is 16.3. The molecule has 6 heteroatoms. The largest absolute Gasteiger partial charge is 0.244 e. The molecule has 1 aliphatic rings. The molecule has 0 bridgehead atoms. The highest BCUT2D eigenvalue weighted by Gasteiger charge is 2.33. The van der Waals surface area contributed by atoms with Crippen LogP contribution in [0.1, 0.15) is 44.6 Å². The Bertz CT molecular complexity index is 652. The molecule has 0 amide bonds. The molecule has 0 N–H and O–H groups in total. The van der Waals surface area contributed by atoms with Crippen molar-refractivity contribution in [2.75, 3.05) is 6.54 Å². The van der Waals surface area contributed by atoms with E-state index in [1.807, 2.05) is 13.0 Å². The summed E-state index contributed by atoms with van der Waals surface area (Å²) in [5.41, 5.74) is 0.306. The van der Waals surface area contributed by atoms with E-state index in [2.05, 4.69) is 0 Å². The van der Waals surface area contributed by atoms with Crippen LogP contribution in [0.15, 0.2) is 23.1 Å². The summed E-state index contributed by atoms with van der Waals surface area (Å²) in [4.78, 5) is 0.0450. The fraction of sp³-hybridized carbons (Fsp3) is 0.533. The van der Waals surface area contributed by atoms with Crippen LogP contribution in [0, 0.1) is 11.3 Å². The molecule has 1 aromatic carbocycles. The van der Waals surface area contributed by atoms with Crippen LogP contribution >= 0.6 is 11.6 Å². The monoisotopic (exact) mass is 326 g/mol. The van der Waals surface area contributed by atoms with Gasteiger partial charge in [0.15, 0.2) is 0 Å². The van der Waals surface area contributed by atoms with Crippen molar-refractivity contribution in [1.29, 1.82) is 5.26 Å². The molecular formula is C15H19ClN2O2S. The molecule has 1 aromatic rings. The Morgan fingerprint density at radius 3 is 2.81 bits per heavy atom. The smallest absolute Gasteiger partial charge is 0.207 e. The zero-order valence-corrected chi connectivity index (χ0v) is 13.6. The lowest BCUT2D eigenvalue weighted by molar-refractivity contribution is 0.315. The quantitative estimate of drug-likeness (QED) is 0.853.